The number of benzene rings is 1. The van der Waals surface area contributed by atoms with Gasteiger partial charge in [-0.2, -0.15) is 5.10 Å². The van der Waals surface area contributed by atoms with Gasteiger partial charge in [-0.3, -0.25) is 9.48 Å². The van der Waals surface area contributed by atoms with Crippen LogP contribution in [0.4, 0.5) is 14.5 Å². The Morgan fingerprint density at radius 2 is 1.88 bits per heavy atom. The average Bonchev–Trinajstić information content (AvgIpc) is 3.12. The van der Waals surface area contributed by atoms with E-state index >= 15 is 0 Å². The molecule has 1 aromatic heterocycles. The molecule has 178 valence electrons. The lowest BCUT2D eigenvalue weighted by Crippen LogP contribution is -2.50. The van der Waals surface area contributed by atoms with Gasteiger partial charge in [0, 0.05) is 56.0 Å². The van der Waals surface area contributed by atoms with Crippen LogP contribution in [0.15, 0.2) is 18.2 Å². The smallest absolute Gasteiger partial charge is 0.359 e. The molecule has 4 rings (SSSR count). The zero-order chi connectivity index (χ0) is 23.8. The van der Waals surface area contributed by atoms with Gasteiger partial charge >= 0.3 is 5.97 Å². The summed E-state index contributed by atoms with van der Waals surface area (Å²) >= 11 is 0. The van der Waals surface area contributed by atoms with Crippen molar-refractivity contribution in [1.82, 2.24) is 14.7 Å². The minimum atomic E-state index is -2.89. The molecule has 0 spiro atoms. The highest BCUT2D eigenvalue weighted by atomic mass is 19.3. The molecule has 0 unspecified atom stereocenters. The predicted octanol–water partition coefficient (Wildman–Crippen LogP) is 3.15. The number of alkyl halides is 2. The molecule has 1 aliphatic carbocycles. The van der Waals surface area contributed by atoms with Crippen LogP contribution in [0.1, 0.15) is 46.2 Å². The van der Waals surface area contributed by atoms with Crippen LogP contribution >= 0.6 is 0 Å². The van der Waals surface area contributed by atoms with Crippen molar-refractivity contribution in [2.75, 3.05) is 37.7 Å². The summed E-state index contributed by atoms with van der Waals surface area (Å²) in [4.78, 5) is 29.4. The van der Waals surface area contributed by atoms with Gasteiger partial charge in [0.2, 0.25) is 5.91 Å². The van der Waals surface area contributed by atoms with Crippen LogP contribution in [0.3, 0.4) is 0 Å². The number of carbonyl (C=O) groups is 2. The second-order valence-electron chi connectivity index (χ2n) is 8.77. The molecule has 1 aromatic carbocycles. The number of esters is 1. The van der Waals surface area contributed by atoms with E-state index in [1.54, 1.807) is 11.8 Å². The monoisotopic (exact) mass is 460 g/mol. The van der Waals surface area contributed by atoms with Crippen molar-refractivity contribution in [1.29, 1.82) is 0 Å². The fourth-order valence-electron chi connectivity index (χ4n) is 4.65. The van der Waals surface area contributed by atoms with Crippen LogP contribution in [-0.4, -0.2) is 65.3 Å². The predicted molar refractivity (Wildman–Crippen MR) is 120 cm³/mol. The summed E-state index contributed by atoms with van der Waals surface area (Å²) in [5.41, 5.74) is 4.30. The molecular weight excluding hydrogens is 430 g/mol. The third-order valence-electron chi connectivity index (χ3n) is 6.63. The third-order valence-corrected chi connectivity index (χ3v) is 6.63. The third kappa shape index (κ3) is 4.72. The van der Waals surface area contributed by atoms with Crippen LogP contribution in [-0.2, 0) is 28.9 Å². The maximum absolute atomic E-state index is 14.0. The van der Waals surface area contributed by atoms with Gasteiger partial charge in [0.1, 0.15) is 6.54 Å². The number of nitrogens with zero attached hydrogens (tertiary/aromatic N) is 4. The first-order chi connectivity index (χ1) is 15.7. The van der Waals surface area contributed by atoms with Crippen molar-refractivity contribution in [3.05, 3.63) is 46.3 Å². The highest BCUT2D eigenvalue weighted by molar-refractivity contribution is 5.89. The van der Waals surface area contributed by atoms with Crippen molar-refractivity contribution < 1.29 is 23.1 Å². The van der Waals surface area contributed by atoms with E-state index in [9.17, 15) is 18.4 Å². The Hall–Kier alpha value is -2.97. The summed E-state index contributed by atoms with van der Waals surface area (Å²) in [6.07, 6.45) is -0.807. The lowest BCUT2D eigenvalue weighted by Gasteiger charge is -2.37. The number of piperazine rings is 1. The maximum atomic E-state index is 14.0. The molecule has 2 heterocycles. The van der Waals surface area contributed by atoms with Gasteiger partial charge < -0.3 is 14.5 Å². The maximum Gasteiger partial charge on any atom is 0.359 e. The molecule has 1 fully saturated rings. The number of fused-ring (bicyclic) bond motifs is 1. The molecule has 33 heavy (non-hydrogen) atoms. The Morgan fingerprint density at radius 1 is 1.15 bits per heavy atom. The Kier molecular flexibility index (Phi) is 6.41. The second kappa shape index (κ2) is 9.11. The number of rotatable bonds is 5. The van der Waals surface area contributed by atoms with Crippen LogP contribution in [0.25, 0.3) is 0 Å². The minimum Gasteiger partial charge on any atom is -0.461 e. The molecule has 0 N–H and O–H groups in total. The summed E-state index contributed by atoms with van der Waals surface area (Å²) in [7, 11) is 0. The van der Waals surface area contributed by atoms with Gasteiger partial charge in [-0.1, -0.05) is 12.1 Å². The van der Waals surface area contributed by atoms with Crippen LogP contribution < -0.4 is 4.90 Å². The van der Waals surface area contributed by atoms with E-state index < -0.39 is 18.3 Å². The summed E-state index contributed by atoms with van der Waals surface area (Å²) in [6.45, 7) is 8.46. The number of ether oxygens (including phenoxy) is 1. The molecule has 2 aliphatic rings. The quantitative estimate of drug-likeness (QED) is 0.642. The fourth-order valence-corrected chi connectivity index (χ4v) is 4.65. The molecule has 1 amide bonds. The lowest BCUT2D eigenvalue weighted by molar-refractivity contribution is -0.132. The van der Waals surface area contributed by atoms with Crippen molar-refractivity contribution in [2.45, 2.75) is 52.5 Å². The van der Waals surface area contributed by atoms with Gasteiger partial charge in [-0.25, -0.2) is 13.6 Å². The van der Waals surface area contributed by atoms with Crippen LogP contribution in [0.5, 0.6) is 0 Å². The van der Waals surface area contributed by atoms with Crippen LogP contribution in [0.2, 0.25) is 0 Å². The fraction of sp³-hybridized carbons (Fsp3) is 0.542. The van der Waals surface area contributed by atoms with E-state index in [2.05, 4.69) is 36.0 Å². The minimum absolute atomic E-state index is 0.0719. The number of anilines is 1. The molecule has 0 saturated carbocycles. The van der Waals surface area contributed by atoms with Gasteiger partial charge in [0.25, 0.3) is 5.92 Å². The number of hydrogen-bond acceptors (Lipinski definition) is 5. The van der Waals surface area contributed by atoms with E-state index in [-0.39, 0.29) is 43.2 Å². The largest absolute Gasteiger partial charge is 0.461 e. The van der Waals surface area contributed by atoms with E-state index in [4.69, 9.17) is 4.74 Å². The Bertz CT molecular complexity index is 1060. The van der Waals surface area contributed by atoms with Gasteiger partial charge in [-0.05, 0) is 44.4 Å². The number of carbonyl (C=O) groups excluding carboxylic acids is 2. The Morgan fingerprint density at radius 3 is 2.58 bits per heavy atom. The van der Waals surface area contributed by atoms with Crippen LogP contribution in [0, 0.1) is 13.8 Å². The summed E-state index contributed by atoms with van der Waals surface area (Å²) in [5.74, 6) is -3.75. The number of aromatic nitrogens is 2. The SMILES string of the molecule is CCOC(=O)c1nn(CC(=O)N2CCN(c3cccc(C)c3C)CC2)c2c1CC(F)(F)CC2. The van der Waals surface area contributed by atoms with E-state index in [1.807, 2.05) is 6.07 Å². The van der Waals surface area contributed by atoms with Gasteiger partial charge in [-0.15, -0.1) is 0 Å². The average molecular weight is 461 g/mol. The number of amides is 1. The molecule has 9 heteroatoms. The first kappa shape index (κ1) is 23.2. The number of aryl methyl sites for hydroxylation is 1. The number of hydrogen-bond donors (Lipinski definition) is 0. The highest BCUT2D eigenvalue weighted by Crippen LogP contribution is 2.35. The zero-order valence-corrected chi connectivity index (χ0v) is 19.4. The van der Waals surface area contributed by atoms with Crippen molar-refractivity contribution in [3.63, 3.8) is 0 Å². The molecule has 2 aromatic rings. The first-order valence-corrected chi connectivity index (χ1v) is 11.4. The number of halogens is 2. The Balaban J connectivity index is 1.47. The molecule has 0 bridgehead atoms. The lowest BCUT2D eigenvalue weighted by atomic mass is 9.92. The molecular formula is C24H30F2N4O3. The van der Waals surface area contributed by atoms with E-state index in [1.165, 1.54) is 21.5 Å². The molecule has 1 saturated heterocycles. The summed E-state index contributed by atoms with van der Waals surface area (Å²) < 4.78 is 34.5. The van der Waals surface area contributed by atoms with E-state index in [0.29, 0.717) is 31.9 Å². The van der Waals surface area contributed by atoms with E-state index in [0.717, 1.165) is 0 Å². The zero-order valence-electron chi connectivity index (χ0n) is 19.4. The molecule has 0 atom stereocenters. The highest BCUT2D eigenvalue weighted by Gasteiger charge is 2.40. The summed E-state index contributed by atoms with van der Waals surface area (Å²) in [6, 6.07) is 6.23. The standard InChI is InChI=1S/C24H30F2N4O3/c1-4-33-23(32)22-18-14-24(25,26)9-8-20(18)30(27-22)15-21(31)29-12-10-28(11-13-29)19-7-5-6-16(2)17(19)3/h5-7H,4,8-15H2,1-3H3. The normalized spacial score (nSPS) is 17.6. The molecule has 7 nitrogen and oxygen atoms in total. The Labute approximate surface area is 192 Å². The van der Waals surface area contributed by atoms with Crippen molar-refractivity contribution in [2.24, 2.45) is 0 Å². The molecule has 1 aliphatic heterocycles. The van der Waals surface area contributed by atoms with Gasteiger partial charge in [0.05, 0.1) is 6.61 Å². The topological polar surface area (TPSA) is 67.7 Å². The second-order valence-corrected chi connectivity index (χ2v) is 8.77. The summed E-state index contributed by atoms with van der Waals surface area (Å²) in [5, 5.41) is 4.25. The van der Waals surface area contributed by atoms with Gasteiger partial charge in [0.15, 0.2) is 5.69 Å². The van der Waals surface area contributed by atoms with Crippen molar-refractivity contribution in [3.8, 4) is 0 Å². The molecule has 0 radical (unpaired) electrons. The first-order valence-electron chi connectivity index (χ1n) is 11.4. The van der Waals surface area contributed by atoms with Crippen molar-refractivity contribution >= 4 is 17.6 Å².